The third-order valence-corrected chi connectivity index (χ3v) is 3.35. The average molecular weight is 356 g/mol. The molecular formula is C12H10BrN3O5. The molecule has 2 aromatic rings. The van der Waals surface area contributed by atoms with Crippen LogP contribution in [0.25, 0.3) is 0 Å². The van der Waals surface area contributed by atoms with Crippen molar-refractivity contribution in [2.75, 3.05) is 7.11 Å². The van der Waals surface area contributed by atoms with E-state index in [9.17, 15) is 19.7 Å². The molecule has 0 spiro atoms. The van der Waals surface area contributed by atoms with Crippen molar-refractivity contribution in [3.05, 3.63) is 65.4 Å². The highest BCUT2D eigenvalue weighted by Crippen LogP contribution is 2.24. The van der Waals surface area contributed by atoms with E-state index < -0.39 is 16.2 Å². The number of nitrogens with one attached hydrogen (secondary N) is 1. The Bertz CT molecular complexity index is 811. The Morgan fingerprint density at radius 3 is 2.76 bits per heavy atom. The first-order valence-electron chi connectivity index (χ1n) is 5.73. The molecule has 1 N–H and O–H groups in total. The molecule has 9 heteroatoms. The zero-order valence-electron chi connectivity index (χ0n) is 10.8. The third kappa shape index (κ3) is 3.19. The molecule has 0 saturated heterocycles. The summed E-state index contributed by atoms with van der Waals surface area (Å²) in [6, 6.07) is 4.09. The van der Waals surface area contributed by atoms with Crippen LogP contribution in [0.4, 0.5) is 5.69 Å². The second-order valence-electron chi connectivity index (χ2n) is 4.12. The van der Waals surface area contributed by atoms with Crippen molar-refractivity contribution in [3.63, 3.8) is 0 Å². The fraction of sp³-hybridized carbons (Fsp3) is 0.167. The Morgan fingerprint density at radius 2 is 2.14 bits per heavy atom. The van der Waals surface area contributed by atoms with Crippen LogP contribution in [0.15, 0.2) is 38.5 Å². The molecule has 0 saturated carbocycles. The molecule has 0 amide bonds. The van der Waals surface area contributed by atoms with E-state index in [1.54, 1.807) is 0 Å². The molecule has 8 nitrogen and oxygen atoms in total. The first-order valence-corrected chi connectivity index (χ1v) is 6.52. The van der Waals surface area contributed by atoms with Gasteiger partial charge in [-0.15, -0.1) is 0 Å². The summed E-state index contributed by atoms with van der Waals surface area (Å²) in [6.07, 6.45) is 1.32. The molecule has 0 bridgehead atoms. The van der Waals surface area contributed by atoms with Gasteiger partial charge in [-0.1, -0.05) is 0 Å². The predicted molar refractivity (Wildman–Crippen MR) is 77.8 cm³/mol. The highest BCUT2D eigenvalue weighted by Gasteiger charge is 2.13. The summed E-state index contributed by atoms with van der Waals surface area (Å²) < 4.78 is 6.53. The van der Waals surface area contributed by atoms with Crippen molar-refractivity contribution in [1.29, 1.82) is 0 Å². The smallest absolute Gasteiger partial charge is 0.328 e. The normalized spacial score (nSPS) is 10.4. The molecule has 0 atom stereocenters. The van der Waals surface area contributed by atoms with Gasteiger partial charge in [0, 0.05) is 23.9 Å². The lowest BCUT2D eigenvalue weighted by Gasteiger charge is -2.10. The zero-order chi connectivity index (χ0) is 15.6. The second-order valence-corrected chi connectivity index (χ2v) is 4.97. The Morgan fingerprint density at radius 1 is 1.43 bits per heavy atom. The monoisotopic (exact) mass is 355 g/mol. The highest BCUT2D eigenvalue weighted by molar-refractivity contribution is 9.10. The molecule has 0 aliphatic heterocycles. The van der Waals surface area contributed by atoms with Crippen LogP contribution in [0, 0.1) is 10.1 Å². The minimum atomic E-state index is -0.614. The van der Waals surface area contributed by atoms with Crippen molar-refractivity contribution >= 4 is 21.6 Å². The number of rotatable bonds is 4. The summed E-state index contributed by atoms with van der Waals surface area (Å²) in [5.74, 6) is 0.412. The Labute approximate surface area is 126 Å². The van der Waals surface area contributed by atoms with Crippen molar-refractivity contribution < 1.29 is 9.66 Å². The fourth-order valence-electron chi connectivity index (χ4n) is 1.79. The zero-order valence-corrected chi connectivity index (χ0v) is 12.4. The van der Waals surface area contributed by atoms with Crippen LogP contribution in [0.1, 0.15) is 5.56 Å². The molecule has 0 unspecified atom stereocenters. The van der Waals surface area contributed by atoms with Crippen molar-refractivity contribution in [2.45, 2.75) is 6.54 Å². The van der Waals surface area contributed by atoms with Crippen molar-refractivity contribution in [1.82, 2.24) is 9.55 Å². The van der Waals surface area contributed by atoms with Gasteiger partial charge in [-0.25, -0.2) is 4.79 Å². The number of halogens is 1. The van der Waals surface area contributed by atoms with Gasteiger partial charge >= 0.3 is 5.69 Å². The Hall–Kier alpha value is -2.42. The predicted octanol–water partition coefficient (Wildman–Crippen LogP) is 1.26. The highest BCUT2D eigenvalue weighted by atomic mass is 79.9. The SMILES string of the molecule is COc1ccc([N+](=O)[O-])cc1Cn1cc(Br)c(=O)[nH]c1=O. The number of aromatic nitrogens is 2. The number of nitrogens with zero attached hydrogens (tertiary/aromatic N) is 2. The lowest BCUT2D eigenvalue weighted by Crippen LogP contribution is -2.30. The number of hydrogen-bond acceptors (Lipinski definition) is 5. The van der Waals surface area contributed by atoms with Crippen LogP contribution in [-0.4, -0.2) is 21.6 Å². The molecule has 1 heterocycles. The van der Waals surface area contributed by atoms with Gasteiger partial charge < -0.3 is 4.74 Å². The number of benzene rings is 1. The van der Waals surface area contributed by atoms with Gasteiger partial charge in [0.25, 0.3) is 11.2 Å². The van der Waals surface area contributed by atoms with Crippen LogP contribution in [0.2, 0.25) is 0 Å². The van der Waals surface area contributed by atoms with Gasteiger partial charge in [-0.3, -0.25) is 24.5 Å². The molecule has 0 radical (unpaired) electrons. The largest absolute Gasteiger partial charge is 0.496 e. The van der Waals surface area contributed by atoms with E-state index in [0.29, 0.717) is 11.3 Å². The molecule has 21 heavy (non-hydrogen) atoms. The van der Waals surface area contributed by atoms with E-state index in [0.717, 1.165) is 0 Å². The minimum Gasteiger partial charge on any atom is -0.496 e. The molecule has 0 aliphatic rings. The maximum absolute atomic E-state index is 11.7. The maximum Gasteiger partial charge on any atom is 0.328 e. The number of aromatic amines is 1. The molecular weight excluding hydrogens is 346 g/mol. The number of methoxy groups -OCH3 is 1. The standard InChI is InChI=1S/C12H10BrN3O5/c1-21-10-3-2-8(16(19)20)4-7(10)5-15-6-9(13)11(17)14-12(15)18/h2-4,6H,5H2,1H3,(H,14,17,18). The molecule has 0 fully saturated rings. The lowest BCUT2D eigenvalue weighted by atomic mass is 10.1. The van der Waals surface area contributed by atoms with Gasteiger partial charge in [0.2, 0.25) is 0 Å². The second kappa shape index (κ2) is 5.92. The summed E-state index contributed by atoms with van der Waals surface area (Å²) in [5.41, 5.74) is -0.811. The molecule has 110 valence electrons. The first kappa shape index (κ1) is 15.0. The Balaban J connectivity index is 2.50. The van der Waals surface area contributed by atoms with Gasteiger partial charge in [-0.05, 0) is 22.0 Å². The number of H-pyrrole nitrogens is 1. The number of nitro groups is 1. The fourth-order valence-corrected chi connectivity index (χ4v) is 2.13. The van der Waals surface area contributed by atoms with E-state index in [4.69, 9.17) is 4.74 Å². The van der Waals surface area contributed by atoms with E-state index in [-0.39, 0.29) is 16.7 Å². The van der Waals surface area contributed by atoms with Gasteiger partial charge in [0.15, 0.2) is 0 Å². The number of non-ortho nitro benzene ring substituents is 1. The van der Waals surface area contributed by atoms with E-state index in [1.807, 2.05) is 0 Å². The van der Waals surface area contributed by atoms with Crippen LogP contribution in [0.5, 0.6) is 5.75 Å². The van der Waals surface area contributed by atoms with Crippen LogP contribution in [0.3, 0.4) is 0 Å². The molecule has 2 rings (SSSR count). The summed E-state index contributed by atoms with van der Waals surface area (Å²) in [7, 11) is 1.43. The molecule has 1 aromatic carbocycles. The quantitative estimate of drug-likeness (QED) is 0.656. The van der Waals surface area contributed by atoms with Crippen LogP contribution >= 0.6 is 15.9 Å². The van der Waals surface area contributed by atoms with E-state index >= 15 is 0 Å². The van der Waals surface area contributed by atoms with Crippen molar-refractivity contribution in [2.24, 2.45) is 0 Å². The molecule has 0 aliphatic carbocycles. The van der Waals surface area contributed by atoms with Gasteiger partial charge in [0.1, 0.15) is 5.75 Å². The Kier molecular flexibility index (Phi) is 4.22. The number of nitro benzene ring substituents is 1. The minimum absolute atomic E-state index is 0.0269. The van der Waals surface area contributed by atoms with Gasteiger partial charge in [-0.2, -0.15) is 0 Å². The summed E-state index contributed by atoms with van der Waals surface area (Å²) in [4.78, 5) is 35.4. The van der Waals surface area contributed by atoms with E-state index in [1.165, 1.54) is 36.1 Å². The number of ether oxygens (including phenoxy) is 1. The topological polar surface area (TPSA) is 107 Å². The van der Waals surface area contributed by atoms with Crippen LogP contribution in [-0.2, 0) is 6.54 Å². The first-order chi connectivity index (χ1) is 9.92. The summed E-state index contributed by atoms with van der Waals surface area (Å²) in [5, 5.41) is 10.8. The maximum atomic E-state index is 11.7. The van der Waals surface area contributed by atoms with Crippen molar-refractivity contribution in [3.8, 4) is 5.75 Å². The third-order valence-electron chi connectivity index (χ3n) is 2.78. The van der Waals surface area contributed by atoms with E-state index in [2.05, 4.69) is 20.9 Å². The average Bonchev–Trinajstić information content (AvgIpc) is 2.44. The molecule has 1 aromatic heterocycles. The summed E-state index contributed by atoms with van der Waals surface area (Å²) >= 11 is 3.02. The lowest BCUT2D eigenvalue weighted by molar-refractivity contribution is -0.384. The summed E-state index contributed by atoms with van der Waals surface area (Å²) in [6.45, 7) is 0.0269. The number of hydrogen-bond donors (Lipinski definition) is 1. The van der Waals surface area contributed by atoms with Gasteiger partial charge in [0.05, 0.1) is 23.1 Å². The van der Waals surface area contributed by atoms with Crippen LogP contribution < -0.4 is 16.0 Å².